The van der Waals surface area contributed by atoms with Crippen molar-refractivity contribution in [1.82, 2.24) is 4.72 Å². The zero-order chi connectivity index (χ0) is 17.2. The number of benzene rings is 2. The normalized spacial score (nSPS) is 13.1. The smallest absolute Gasteiger partial charge is 0.212 e. The molecular formula is C15H13Cl2F2NO2S. The maximum Gasteiger partial charge on any atom is 0.216 e. The first-order valence-electron chi connectivity index (χ1n) is 6.57. The van der Waals surface area contributed by atoms with E-state index in [1.165, 1.54) is 37.3 Å². The van der Waals surface area contributed by atoms with Gasteiger partial charge >= 0.3 is 0 Å². The third-order valence-corrected chi connectivity index (χ3v) is 5.18. The highest BCUT2D eigenvalue weighted by molar-refractivity contribution is 7.88. The van der Waals surface area contributed by atoms with E-state index >= 15 is 0 Å². The third-order valence-electron chi connectivity index (χ3n) is 3.13. The minimum absolute atomic E-state index is 0.139. The van der Waals surface area contributed by atoms with Crippen LogP contribution in [-0.2, 0) is 15.8 Å². The van der Waals surface area contributed by atoms with E-state index in [1.807, 2.05) is 0 Å². The second-order valence-electron chi connectivity index (χ2n) is 5.01. The van der Waals surface area contributed by atoms with Crippen LogP contribution in [0.5, 0.6) is 0 Å². The first-order valence-corrected chi connectivity index (χ1v) is 8.97. The summed E-state index contributed by atoms with van der Waals surface area (Å²) in [5.41, 5.74) is 0.704. The second kappa shape index (κ2) is 7.13. The summed E-state index contributed by atoms with van der Waals surface area (Å²) < 4.78 is 53.1. The molecule has 1 unspecified atom stereocenters. The fourth-order valence-electron chi connectivity index (χ4n) is 2.04. The molecule has 0 saturated carbocycles. The molecule has 0 aliphatic carbocycles. The van der Waals surface area contributed by atoms with Gasteiger partial charge in [-0.25, -0.2) is 21.9 Å². The summed E-state index contributed by atoms with van der Waals surface area (Å²) in [5.74, 6) is -1.46. The minimum Gasteiger partial charge on any atom is -0.212 e. The van der Waals surface area contributed by atoms with Crippen LogP contribution in [0.3, 0.4) is 0 Å². The molecule has 1 N–H and O–H groups in total. The Labute approximate surface area is 143 Å². The van der Waals surface area contributed by atoms with Gasteiger partial charge in [-0.2, -0.15) is 0 Å². The topological polar surface area (TPSA) is 46.2 Å². The van der Waals surface area contributed by atoms with Crippen LogP contribution < -0.4 is 4.72 Å². The quantitative estimate of drug-likeness (QED) is 0.779. The molecular weight excluding hydrogens is 367 g/mol. The van der Waals surface area contributed by atoms with Crippen molar-refractivity contribution in [2.75, 3.05) is 0 Å². The van der Waals surface area contributed by atoms with Crippen LogP contribution in [0.2, 0.25) is 10.0 Å². The predicted octanol–water partition coefficient (Wildman–Crippen LogP) is 4.45. The standard InChI is InChI=1S/C15H13Cl2F2NO2S/c1-9(12-6-15(19)14(17)7-13(12)16)20-23(21,22)8-10-2-4-11(18)5-3-10/h2-7,9,20H,8H2,1H3. The molecule has 0 bridgehead atoms. The SMILES string of the molecule is CC(NS(=O)(=O)Cc1ccc(F)cc1)c1cc(F)c(Cl)cc1Cl. The summed E-state index contributed by atoms with van der Waals surface area (Å²) in [5, 5.41) is 0.0218. The summed E-state index contributed by atoms with van der Waals surface area (Å²) in [6, 6.07) is 6.69. The Bertz CT molecular complexity index is 811. The van der Waals surface area contributed by atoms with Gasteiger partial charge in [0.25, 0.3) is 0 Å². The highest BCUT2D eigenvalue weighted by Crippen LogP contribution is 2.29. The van der Waals surface area contributed by atoms with Crippen molar-refractivity contribution in [3.8, 4) is 0 Å². The predicted molar refractivity (Wildman–Crippen MR) is 87.0 cm³/mol. The molecule has 0 aliphatic heterocycles. The Balaban J connectivity index is 2.16. The summed E-state index contributed by atoms with van der Waals surface area (Å²) in [7, 11) is -3.72. The zero-order valence-corrected chi connectivity index (χ0v) is 14.3. The van der Waals surface area contributed by atoms with Crippen LogP contribution in [0.25, 0.3) is 0 Å². The lowest BCUT2D eigenvalue weighted by Crippen LogP contribution is -2.28. The van der Waals surface area contributed by atoms with Crippen molar-refractivity contribution in [3.63, 3.8) is 0 Å². The van der Waals surface area contributed by atoms with Crippen LogP contribution >= 0.6 is 23.2 Å². The van der Waals surface area contributed by atoms with E-state index in [0.717, 1.165) is 6.07 Å². The molecule has 0 aliphatic rings. The number of halogens is 4. The molecule has 0 fully saturated rings. The first-order chi connectivity index (χ1) is 10.7. The van der Waals surface area contributed by atoms with Gasteiger partial charge in [0.2, 0.25) is 10.0 Å². The number of hydrogen-bond donors (Lipinski definition) is 1. The highest BCUT2D eigenvalue weighted by atomic mass is 35.5. The van der Waals surface area contributed by atoms with Gasteiger partial charge in [0, 0.05) is 11.1 Å². The van der Waals surface area contributed by atoms with Gasteiger partial charge in [-0.15, -0.1) is 0 Å². The average Bonchev–Trinajstić information content (AvgIpc) is 2.44. The lowest BCUT2D eigenvalue weighted by molar-refractivity contribution is 0.563. The Morgan fingerprint density at radius 2 is 1.70 bits per heavy atom. The third kappa shape index (κ3) is 4.88. The maximum atomic E-state index is 13.5. The van der Waals surface area contributed by atoms with Crippen molar-refractivity contribution in [2.24, 2.45) is 0 Å². The summed E-state index contributed by atoms with van der Waals surface area (Å²) >= 11 is 11.6. The molecule has 0 spiro atoms. The van der Waals surface area contributed by atoms with Crippen molar-refractivity contribution in [1.29, 1.82) is 0 Å². The fraction of sp³-hybridized carbons (Fsp3) is 0.200. The molecule has 2 aromatic rings. The van der Waals surface area contributed by atoms with Gasteiger partial charge in [0.05, 0.1) is 10.8 Å². The Hall–Kier alpha value is -1.21. The number of nitrogens with one attached hydrogen (secondary N) is 1. The molecule has 2 aromatic carbocycles. The van der Waals surface area contributed by atoms with E-state index in [4.69, 9.17) is 23.2 Å². The van der Waals surface area contributed by atoms with Crippen LogP contribution in [0, 0.1) is 11.6 Å². The van der Waals surface area contributed by atoms with Gasteiger partial charge in [-0.3, -0.25) is 0 Å². The van der Waals surface area contributed by atoms with Gasteiger partial charge in [0.15, 0.2) is 0 Å². The molecule has 0 radical (unpaired) electrons. The number of rotatable bonds is 5. The van der Waals surface area contributed by atoms with E-state index in [0.29, 0.717) is 5.56 Å². The molecule has 1 atom stereocenters. The largest absolute Gasteiger partial charge is 0.216 e. The van der Waals surface area contributed by atoms with E-state index < -0.39 is 27.7 Å². The minimum atomic E-state index is -3.72. The summed E-state index contributed by atoms with van der Waals surface area (Å²) in [4.78, 5) is 0. The molecule has 0 aromatic heterocycles. The first kappa shape index (κ1) is 18.1. The Kier molecular flexibility index (Phi) is 5.62. The summed E-state index contributed by atoms with van der Waals surface area (Å²) in [6.07, 6.45) is 0. The fourth-order valence-corrected chi connectivity index (χ4v) is 3.97. The molecule has 0 saturated heterocycles. The Morgan fingerprint density at radius 1 is 1.09 bits per heavy atom. The van der Waals surface area contributed by atoms with Crippen molar-refractivity contribution >= 4 is 33.2 Å². The van der Waals surface area contributed by atoms with E-state index in [1.54, 1.807) is 0 Å². The maximum absolute atomic E-state index is 13.5. The van der Waals surface area contributed by atoms with Gasteiger partial charge < -0.3 is 0 Å². The van der Waals surface area contributed by atoms with Crippen molar-refractivity contribution in [2.45, 2.75) is 18.7 Å². The zero-order valence-electron chi connectivity index (χ0n) is 12.0. The number of hydrogen-bond acceptors (Lipinski definition) is 2. The van der Waals surface area contributed by atoms with Crippen LogP contribution in [0.4, 0.5) is 8.78 Å². The molecule has 8 heteroatoms. The summed E-state index contributed by atoms with van der Waals surface area (Å²) in [6.45, 7) is 1.54. The van der Waals surface area contributed by atoms with E-state index in [-0.39, 0.29) is 21.4 Å². The molecule has 2 rings (SSSR count). The van der Waals surface area contributed by atoms with Gasteiger partial charge in [-0.1, -0.05) is 35.3 Å². The molecule has 124 valence electrons. The highest BCUT2D eigenvalue weighted by Gasteiger charge is 2.20. The Morgan fingerprint density at radius 3 is 2.30 bits per heavy atom. The lowest BCUT2D eigenvalue weighted by atomic mass is 10.1. The monoisotopic (exact) mass is 379 g/mol. The molecule has 3 nitrogen and oxygen atoms in total. The molecule has 0 heterocycles. The van der Waals surface area contributed by atoms with Crippen LogP contribution in [0.1, 0.15) is 24.1 Å². The van der Waals surface area contributed by atoms with E-state index in [2.05, 4.69) is 4.72 Å². The molecule has 23 heavy (non-hydrogen) atoms. The lowest BCUT2D eigenvalue weighted by Gasteiger charge is -2.16. The van der Waals surface area contributed by atoms with E-state index in [9.17, 15) is 17.2 Å². The van der Waals surface area contributed by atoms with Crippen LogP contribution in [-0.4, -0.2) is 8.42 Å². The van der Waals surface area contributed by atoms with Gasteiger partial charge in [-0.05, 0) is 42.3 Å². The van der Waals surface area contributed by atoms with Crippen LogP contribution in [0.15, 0.2) is 36.4 Å². The number of sulfonamides is 1. The average molecular weight is 380 g/mol. The van der Waals surface area contributed by atoms with Crippen molar-refractivity contribution < 1.29 is 17.2 Å². The van der Waals surface area contributed by atoms with Crippen molar-refractivity contribution in [3.05, 3.63) is 69.2 Å². The van der Waals surface area contributed by atoms with Gasteiger partial charge in [0.1, 0.15) is 11.6 Å². The second-order valence-corrected chi connectivity index (χ2v) is 7.58. The molecule has 0 amide bonds.